The number of fused-ring (bicyclic) bond motifs is 1. The second-order valence-corrected chi connectivity index (χ2v) is 11.0. The largest absolute Gasteiger partial charge is 0.379 e. The molecule has 3 heterocycles. The molecule has 38 heavy (non-hydrogen) atoms. The SMILES string of the molecule is O=C1N(CCN2CCOCC2)c2ccccc2C1(CCN1CCC(c2ccccc2)CC1)c1ccccc1. The van der Waals surface area contributed by atoms with Crippen molar-refractivity contribution < 1.29 is 9.53 Å². The van der Waals surface area contributed by atoms with Crippen LogP contribution < -0.4 is 4.90 Å². The standard InChI is InChI=1S/C33H39N3O2/c37-32-33(29-11-5-2-6-12-29,17-20-34-18-15-28(16-19-34)27-9-3-1-4-10-27)30-13-7-8-14-31(30)36(32)22-21-35-23-25-38-26-24-35/h1-14,28H,15-26H2. The summed E-state index contributed by atoms with van der Waals surface area (Å²) in [5.74, 6) is 0.873. The minimum Gasteiger partial charge on any atom is -0.379 e. The summed E-state index contributed by atoms with van der Waals surface area (Å²) in [7, 11) is 0. The van der Waals surface area contributed by atoms with Gasteiger partial charge in [-0.2, -0.15) is 0 Å². The number of para-hydroxylation sites is 1. The molecule has 6 rings (SSSR count). The Morgan fingerprint density at radius 1 is 0.711 bits per heavy atom. The molecule has 3 aromatic carbocycles. The molecule has 3 aliphatic heterocycles. The maximum atomic E-state index is 14.5. The van der Waals surface area contributed by atoms with Crippen LogP contribution in [0.2, 0.25) is 0 Å². The normalized spacial score (nSPS) is 23.1. The minimum absolute atomic E-state index is 0.234. The van der Waals surface area contributed by atoms with Gasteiger partial charge in [-0.1, -0.05) is 78.9 Å². The van der Waals surface area contributed by atoms with Crippen molar-refractivity contribution in [3.05, 3.63) is 102 Å². The van der Waals surface area contributed by atoms with E-state index in [2.05, 4.69) is 93.6 Å². The zero-order chi connectivity index (χ0) is 25.8. The number of ether oxygens (including phenoxy) is 1. The van der Waals surface area contributed by atoms with Crippen molar-refractivity contribution in [3.63, 3.8) is 0 Å². The molecule has 198 valence electrons. The van der Waals surface area contributed by atoms with Gasteiger partial charge in [0.05, 0.1) is 13.2 Å². The molecular weight excluding hydrogens is 470 g/mol. The van der Waals surface area contributed by atoms with Crippen molar-refractivity contribution in [2.24, 2.45) is 0 Å². The molecule has 0 saturated carbocycles. The topological polar surface area (TPSA) is 36.0 Å². The van der Waals surface area contributed by atoms with Crippen LogP contribution in [-0.4, -0.2) is 74.7 Å². The van der Waals surface area contributed by atoms with E-state index < -0.39 is 5.41 Å². The van der Waals surface area contributed by atoms with Crippen LogP contribution in [0.1, 0.15) is 41.9 Å². The second kappa shape index (κ2) is 11.4. The average Bonchev–Trinajstić information content (AvgIpc) is 3.24. The number of hydrogen-bond acceptors (Lipinski definition) is 4. The molecular formula is C33H39N3O2. The fourth-order valence-corrected chi connectivity index (χ4v) is 6.74. The van der Waals surface area contributed by atoms with Gasteiger partial charge in [0.15, 0.2) is 0 Å². The number of carbonyl (C=O) groups excluding carboxylic acids is 1. The maximum absolute atomic E-state index is 14.5. The summed E-state index contributed by atoms with van der Waals surface area (Å²) in [6.45, 7) is 8.11. The van der Waals surface area contributed by atoms with Crippen molar-refractivity contribution in [2.75, 3.05) is 63.9 Å². The Kier molecular flexibility index (Phi) is 7.59. The lowest BCUT2D eigenvalue weighted by Crippen LogP contribution is -2.47. The van der Waals surface area contributed by atoms with E-state index in [1.807, 2.05) is 6.07 Å². The first-order valence-electron chi connectivity index (χ1n) is 14.3. The van der Waals surface area contributed by atoms with E-state index in [0.29, 0.717) is 12.5 Å². The van der Waals surface area contributed by atoms with Crippen molar-refractivity contribution in [2.45, 2.75) is 30.6 Å². The summed E-state index contributed by atoms with van der Waals surface area (Å²) >= 11 is 0. The van der Waals surface area contributed by atoms with Gasteiger partial charge in [0.25, 0.3) is 0 Å². The van der Waals surface area contributed by atoms with Crippen molar-refractivity contribution in [1.29, 1.82) is 0 Å². The molecule has 3 aromatic rings. The molecule has 0 aromatic heterocycles. The van der Waals surface area contributed by atoms with Gasteiger partial charge >= 0.3 is 0 Å². The number of benzene rings is 3. The van der Waals surface area contributed by atoms with E-state index in [1.165, 1.54) is 18.4 Å². The van der Waals surface area contributed by atoms with E-state index in [1.54, 1.807) is 0 Å². The zero-order valence-corrected chi connectivity index (χ0v) is 22.3. The number of morpholine rings is 1. The molecule has 0 bridgehead atoms. The van der Waals surface area contributed by atoms with Crippen LogP contribution in [0.25, 0.3) is 0 Å². The lowest BCUT2D eigenvalue weighted by atomic mass is 9.72. The van der Waals surface area contributed by atoms with Crippen LogP contribution >= 0.6 is 0 Å². The van der Waals surface area contributed by atoms with Crippen LogP contribution in [0.5, 0.6) is 0 Å². The highest BCUT2D eigenvalue weighted by Gasteiger charge is 2.51. The third-order valence-electron chi connectivity index (χ3n) is 8.94. The van der Waals surface area contributed by atoms with Crippen LogP contribution in [-0.2, 0) is 14.9 Å². The fraction of sp³-hybridized carbons (Fsp3) is 0.424. The predicted molar refractivity (Wildman–Crippen MR) is 153 cm³/mol. The van der Waals surface area contributed by atoms with Crippen LogP contribution in [0, 0.1) is 0 Å². The van der Waals surface area contributed by atoms with E-state index in [-0.39, 0.29) is 5.91 Å². The Labute approximate surface area is 227 Å². The molecule has 0 aliphatic carbocycles. The molecule has 1 amide bonds. The summed E-state index contributed by atoms with van der Waals surface area (Å²) in [5.41, 5.74) is 4.18. The molecule has 1 atom stereocenters. The summed E-state index contributed by atoms with van der Waals surface area (Å²) in [6.07, 6.45) is 3.16. The Hall–Kier alpha value is -2.99. The van der Waals surface area contributed by atoms with Crippen molar-refractivity contribution in [3.8, 4) is 0 Å². The third-order valence-corrected chi connectivity index (χ3v) is 8.94. The number of nitrogens with zero attached hydrogens (tertiary/aromatic N) is 3. The van der Waals surface area contributed by atoms with Crippen molar-refractivity contribution in [1.82, 2.24) is 9.80 Å². The lowest BCUT2D eigenvalue weighted by molar-refractivity contribution is -0.122. The zero-order valence-electron chi connectivity index (χ0n) is 22.3. The van der Waals surface area contributed by atoms with E-state index >= 15 is 0 Å². The van der Waals surface area contributed by atoms with Gasteiger partial charge < -0.3 is 14.5 Å². The number of carbonyl (C=O) groups is 1. The predicted octanol–water partition coefficient (Wildman–Crippen LogP) is 4.92. The van der Waals surface area contributed by atoms with E-state index in [4.69, 9.17) is 4.74 Å². The molecule has 0 radical (unpaired) electrons. The van der Waals surface area contributed by atoms with Gasteiger partial charge in [0.1, 0.15) is 5.41 Å². The molecule has 0 spiro atoms. The van der Waals surface area contributed by atoms with Crippen LogP contribution in [0.4, 0.5) is 5.69 Å². The number of hydrogen-bond donors (Lipinski definition) is 0. The maximum Gasteiger partial charge on any atom is 0.242 e. The Balaban J connectivity index is 1.23. The van der Waals surface area contributed by atoms with Gasteiger partial charge in [-0.3, -0.25) is 9.69 Å². The number of likely N-dealkylation sites (tertiary alicyclic amines) is 1. The average molecular weight is 510 g/mol. The van der Waals surface area contributed by atoms with Crippen LogP contribution in [0.3, 0.4) is 0 Å². The Morgan fingerprint density at radius 2 is 1.34 bits per heavy atom. The first-order valence-corrected chi connectivity index (χ1v) is 14.3. The van der Waals surface area contributed by atoms with E-state index in [9.17, 15) is 4.79 Å². The summed E-state index contributed by atoms with van der Waals surface area (Å²) in [5, 5.41) is 0. The number of amides is 1. The van der Waals surface area contributed by atoms with Crippen molar-refractivity contribution >= 4 is 11.6 Å². The van der Waals surface area contributed by atoms with Gasteiger partial charge in [-0.25, -0.2) is 0 Å². The Morgan fingerprint density at radius 3 is 2.08 bits per heavy atom. The summed E-state index contributed by atoms with van der Waals surface area (Å²) in [6, 6.07) is 30.0. The highest BCUT2D eigenvalue weighted by Crippen LogP contribution is 2.48. The first-order chi connectivity index (χ1) is 18.8. The monoisotopic (exact) mass is 509 g/mol. The molecule has 0 N–H and O–H groups in total. The summed E-state index contributed by atoms with van der Waals surface area (Å²) in [4.78, 5) is 21.6. The first kappa shape index (κ1) is 25.3. The second-order valence-electron chi connectivity index (χ2n) is 11.0. The highest BCUT2D eigenvalue weighted by molar-refractivity contribution is 6.10. The molecule has 5 nitrogen and oxygen atoms in total. The summed E-state index contributed by atoms with van der Waals surface area (Å²) < 4.78 is 5.53. The van der Waals surface area contributed by atoms with Gasteiger partial charge in [0.2, 0.25) is 5.91 Å². The Bertz CT molecular complexity index is 1200. The molecule has 3 aliphatic rings. The van der Waals surface area contributed by atoms with Gasteiger partial charge in [0, 0.05) is 31.9 Å². The molecule has 5 heteroatoms. The minimum atomic E-state index is -0.640. The third kappa shape index (κ3) is 4.91. The number of anilines is 1. The molecule has 2 fully saturated rings. The molecule has 2 saturated heterocycles. The quantitative estimate of drug-likeness (QED) is 0.432. The van der Waals surface area contributed by atoms with Gasteiger partial charge in [-0.05, 0) is 67.6 Å². The smallest absolute Gasteiger partial charge is 0.242 e. The highest BCUT2D eigenvalue weighted by atomic mass is 16.5. The fourth-order valence-electron chi connectivity index (χ4n) is 6.74. The van der Waals surface area contributed by atoms with E-state index in [0.717, 1.165) is 75.7 Å². The lowest BCUT2D eigenvalue weighted by Gasteiger charge is -2.36. The van der Waals surface area contributed by atoms with Gasteiger partial charge in [-0.15, -0.1) is 0 Å². The van der Waals surface area contributed by atoms with Crippen LogP contribution in [0.15, 0.2) is 84.9 Å². The number of rotatable bonds is 8. The molecule has 1 unspecified atom stereocenters. The number of piperidine rings is 1.